The van der Waals surface area contributed by atoms with Gasteiger partial charge in [0, 0.05) is 37.3 Å². The van der Waals surface area contributed by atoms with Crippen LogP contribution in [0.2, 0.25) is 0 Å². The van der Waals surface area contributed by atoms with Crippen molar-refractivity contribution in [2.75, 3.05) is 51.5 Å². The number of carbonyl (C=O) groups is 1. The summed E-state index contributed by atoms with van der Waals surface area (Å²) in [6.07, 6.45) is 0.478. The van der Waals surface area contributed by atoms with E-state index in [1.54, 1.807) is 12.0 Å². The van der Waals surface area contributed by atoms with E-state index in [4.69, 9.17) is 23.7 Å². The van der Waals surface area contributed by atoms with Gasteiger partial charge in [0.05, 0.1) is 33.0 Å². The molecule has 1 aliphatic rings. The second-order valence-electron chi connectivity index (χ2n) is 12.7. The van der Waals surface area contributed by atoms with Crippen molar-refractivity contribution in [3.63, 3.8) is 0 Å². The highest BCUT2D eigenvalue weighted by Crippen LogP contribution is 2.27. The standard InChI is InChI=1S/C38H46N2O6/c1-28-11-12-30-24-35(16-13-29(30)23-28)45-27-33-25-39(37(41)46-38(2,3)4)19-20-40(33)32-14-17-34(18-15-32)44-22-8-21-43-26-31-9-6-7-10-36(31)42-5/h6-7,9-18,23-24,33H,8,19-22,25-27H2,1-5H3/t33-/m1/s1. The highest BCUT2D eigenvalue weighted by molar-refractivity contribution is 5.84. The molecule has 5 rings (SSSR count). The Morgan fingerprint density at radius 3 is 2.37 bits per heavy atom. The van der Waals surface area contributed by atoms with E-state index in [0.717, 1.165) is 40.3 Å². The average Bonchev–Trinajstić information content (AvgIpc) is 3.05. The summed E-state index contributed by atoms with van der Waals surface area (Å²) in [5, 5.41) is 2.32. The molecular formula is C38H46N2O6. The molecule has 1 atom stereocenters. The fourth-order valence-corrected chi connectivity index (χ4v) is 5.54. The maximum Gasteiger partial charge on any atom is 0.410 e. The zero-order valence-electron chi connectivity index (χ0n) is 27.7. The van der Waals surface area contributed by atoms with Crippen molar-refractivity contribution in [2.24, 2.45) is 0 Å². The summed E-state index contributed by atoms with van der Waals surface area (Å²) in [6.45, 7) is 11.6. The normalized spacial score (nSPS) is 15.1. The molecule has 1 amide bonds. The van der Waals surface area contributed by atoms with Gasteiger partial charge in [0.1, 0.15) is 29.5 Å². The first-order valence-corrected chi connectivity index (χ1v) is 16.0. The fourth-order valence-electron chi connectivity index (χ4n) is 5.54. The van der Waals surface area contributed by atoms with Gasteiger partial charge in [-0.1, -0.05) is 48.0 Å². The lowest BCUT2D eigenvalue weighted by atomic mass is 10.1. The molecule has 0 aromatic heterocycles. The summed E-state index contributed by atoms with van der Waals surface area (Å²) in [5.74, 6) is 2.45. The van der Waals surface area contributed by atoms with Gasteiger partial charge < -0.3 is 33.5 Å². The third kappa shape index (κ3) is 9.07. The molecule has 1 heterocycles. The molecule has 46 heavy (non-hydrogen) atoms. The molecule has 244 valence electrons. The SMILES string of the molecule is COc1ccccc1COCCCOc1ccc(N2CCN(C(=O)OC(C)(C)C)C[C@@H]2COc2ccc3cc(C)ccc3c2)cc1. The first-order valence-electron chi connectivity index (χ1n) is 16.0. The number of rotatable bonds is 12. The zero-order valence-corrected chi connectivity index (χ0v) is 27.7. The van der Waals surface area contributed by atoms with Crippen LogP contribution in [0.4, 0.5) is 10.5 Å². The Bertz CT molecular complexity index is 1580. The van der Waals surface area contributed by atoms with Gasteiger partial charge in [0.25, 0.3) is 0 Å². The van der Waals surface area contributed by atoms with E-state index in [-0.39, 0.29) is 12.1 Å². The van der Waals surface area contributed by atoms with Crippen LogP contribution >= 0.6 is 0 Å². The van der Waals surface area contributed by atoms with Crippen LogP contribution in [0, 0.1) is 6.92 Å². The van der Waals surface area contributed by atoms with E-state index < -0.39 is 5.60 Å². The van der Waals surface area contributed by atoms with Crippen molar-refractivity contribution >= 4 is 22.6 Å². The quantitative estimate of drug-likeness (QED) is 0.150. The number of carbonyl (C=O) groups excluding carboxylic acids is 1. The third-order valence-corrected chi connectivity index (χ3v) is 7.86. The second kappa shape index (κ2) is 15.2. The van der Waals surface area contributed by atoms with E-state index in [1.165, 1.54) is 10.9 Å². The van der Waals surface area contributed by atoms with Crippen LogP contribution in [0.15, 0.2) is 84.9 Å². The molecule has 0 saturated carbocycles. The van der Waals surface area contributed by atoms with E-state index in [9.17, 15) is 4.79 Å². The van der Waals surface area contributed by atoms with Crippen molar-refractivity contribution in [3.05, 3.63) is 96.1 Å². The van der Waals surface area contributed by atoms with Gasteiger partial charge in [-0.25, -0.2) is 4.79 Å². The van der Waals surface area contributed by atoms with Crippen LogP contribution in [0.1, 0.15) is 38.3 Å². The van der Waals surface area contributed by atoms with Gasteiger partial charge in [0.2, 0.25) is 0 Å². The van der Waals surface area contributed by atoms with Crippen LogP contribution in [-0.4, -0.2) is 69.2 Å². The molecule has 0 radical (unpaired) electrons. The predicted molar refractivity (Wildman–Crippen MR) is 182 cm³/mol. The minimum Gasteiger partial charge on any atom is -0.496 e. The highest BCUT2D eigenvalue weighted by Gasteiger charge is 2.32. The van der Waals surface area contributed by atoms with E-state index in [2.05, 4.69) is 54.3 Å². The fraction of sp³-hybridized carbons (Fsp3) is 0.395. The molecule has 0 bridgehead atoms. The number of amides is 1. The Morgan fingerprint density at radius 1 is 0.848 bits per heavy atom. The van der Waals surface area contributed by atoms with Crippen LogP contribution in [0.3, 0.4) is 0 Å². The highest BCUT2D eigenvalue weighted by atomic mass is 16.6. The van der Waals surface area contributed by atoms with Crippen molar-refractivity contribution < 1.29 is 28.5 Å². The van der Waals surface area contributed by atoms with Crippen LogP contribution in [0.25, 0.3) is 10.8 Å². The number of anilines is 1. The molecule has 1 aliphatic heterocycles. The molecule has 1 saturated heterocycles. The maximum atomic E-state index is 13.0. The summed E-state index contributed by atoms with van der Waals surface area (Å²) in [7, 11) is 1.67. The van der Waals surface area contributed by atoms with Gasteiger partial charge in [-0.15, -0.1) is 0 Å². The Balaban J connectivity index is 1.18. The molecule has 0 spiro atoms. The monoisotopic (exact) mass is 626 g/mol. The lowest BCUT2D eigenvalue weighted by Gasteiger charge is -2.42. The number of fused-ring (bicyclic) bond motifs is 1. The number of ether oxygens (including phenoxy) is 5. The number of methoxy groups -OCH3 is 1. The van der Waals surface area contributed by atoms with Crippen molar-refractivity contribution in [3.8, 4) is 17.2 Å². The molecule has 8 nitrogen and oxygen atoms in total. The van der Waals surface area contributed by atoms with E-state index in [0.29, 0.717) is 46.1 Å². The number of hydrogen-bond acceptors (Lipinski definition) is 7. The van der Waals surface area contributed by atoms with Crippen molar-refractivity contribution in [1.82, 2.24) is 4.90 Å². The first kappa shape index (κ1) is 32.9. The van der Waals surface area contributed by atoms with Crippen LogP contribution in [0.5, 0.6) is 17.2 Å². The Hall–Kier alpha value is -4.43. The molecule has 0 aliphatic carbocycles. The Morgan fingerprint density at radius 2 is 1.59 bits per heavy atom. The van der Waals surface area contributed by atoms with Crippen molar-refractivity contribution in [2.45, 2.75) is 52.4 Å². The molecular weight excluding hydrogens is 580 g/mol. The molecule has 0 unspecified atom stereocenters. The van der Waals surface area contributed by atoms with Gasteiger partial charge in [-0.2, -0.15) is 0 Å². The molecule has 4 aromatic carbocycles. The summed E-state index contributed by atoms with van der Waals surface area (Å²) >= 11 is 0. The van der Waals surface area contributed by atoms with Crippen molar-refractivity contribution in [1.29, 1.82) is 0 Å². The lowest BCUT2D eigenvalue weighted by Crippen LogP contribution is -2.57. The summed E-state index contributed by atoms with van der Waals surface area (Å²) in [4.78, 5) is 17.1. The average molecular weight is 627 g/mol. The van der Waals surface area contributed by atoms with Crippen LogP contribution in [-0.2, 0) is 16.1 Å². The number of aryl methyl sites for hydroxylation is 1. The smallest absolute Gasteiger partial charge is 0.410 e. The number of piperazine rings is 1. The number of para-hydroxylation sites is 1. The first-order chi connectivity index (χ1) is 22.2. The molecule has 4 aromatic rings. The number of hydrogen-bond donors (Lipinski definition) is 0. The predicted octanol–water partition coefficient (Wildman–Crippen LogP) is 7.65. The molecule has 8 heteroatoms. The number of nitrogens with zero attached hydrogens (tertiary/aromatic N) is 2. The number of benzene rings is 4. The van der Waals surface area contributed by atoms with Gasteiger partial charge in [-0.3, -0.25) is 0 Å². The minimum absolute atomic E-state index is 0.0675. The molecule has 0 N–H and O–H groups in total. The third-order valence-electron chi connectivity index (χ3n) is 7.86. The second-order valence-corrected chi connectivity index (χ2v) is 12.7. The zero-order chi connectivity index (χ0) is 32.5. The minimum atomic E-state index is -0.555. The van der Waals surface area contributed by atoms with Gasteiger partial charge >= 0.3 is 6.09 Å². The summed E-state index contributed by atoms with van der Waals surface area (Å²) < 4.78 is 29.3. The Labute approximate surface area is 272 Å². The van der Waals surface area contributed by atoms with Gasteiger partial charge in [-0.05, 0) is 80.9 Å². The van der Waals surface area contributed by atoms with E-state index in [1.807, 2.05) is 63.2 Å². The van der Waals surface area contributed by atoms with Gasteiger partial charge in [0.15, 0.2) is 0 Å². The van der Waals surface area contributed by atoms with Crippen LogP contribution < -0.4 is 19.1 Å². The topological polar surface area (TPSA) is 69.7 Å². The summed E-state index contributed by atoms with van der Waals surface area (Å²) in [6, 6.07) is 28.5. The maximum absolute atomic E-state index is 13.0. The lowest BCUT2D eigenvalue weighted by molar-refractivity contribution is 0.0201. The largest absolute Gasteiger partial charge is 0.496 e. The van der Waals surface area contributed by atoms with E-state index >= 15 is 0 Å². The summed E-state index contributed by atoms with van der Waals surface area (Å²) in [5.41, 5.74) is 2.76. The molecule has 1 fully saturated rings. The Kier molecular flexibility index (Phi) is 10.9.